The van der Waals surface area contributed by atoms with Crippen LogP contribution in [0.1, 0.15) is 6.92 Å². The molecule has 0 unspecified atom stereocenters. The van der Waals surface area contributed by atoms with Crippen LogP contribution >= 0.6 is 15.9 Å². The monoisotopic (exact) mass is 288 g/mol. The van der Waals surface area contributed by atoms with Gasteiger partial charge in [-0.25, -0.2) is 0 Å². The smallest absolute Gasteiger partial charge is 0.119 e. The fourth-order valence-corrected chi connectivity index (χ4v) is 1.38. The summed E-state index contributed by atoms with van der Waals surface area (Å²) >= 11 is 3.37. The molecule has 0 aliphatic carbocycles. The van der Waals surface area contributed by atoms with Crippen LogP contribution in [0.25, 0.3) is 0 Å². The van der Waals surface area contributed by atoms with Gasteiger partial charge in [-0.2, -0.15) is 0 Å². The van der Waals surface area contributed by atoms with Crippen LogP contribution in [0.5, 0.6) is 5.75 Å². The zero-order valence-electron chi connectivity index (χ0n) is 9.45. The summed E-state index contributed by atoms with van der Waals surface area (Å²) in [6.45, 7) is 5.12. The summed E-state index contributed by atoms with van der Waals surface area (Å²) < 4.78 is 17.0. The molecule has 0 aliphatic heterocycles. The van der Waals surface area contributed by atoms with Crippen LogP contribution in [0.2, 0.25) is 0 Å². The van der Waals surface area contributed by atoms with Crippen molar-refractivity contribution in [2.24, 2.45) is 0 Å². The molecule has 90 valence electrons. The molecule has 0 aliphatic rings. The molecule has 16 heavy (non-hydrogen) atoms. The average molecular weight is 289 g/mol. The Morgan fingerprint density at radius 1 is 0.938 bits per heavy atom. The van der Waals surface area contributed by atoms with E-state index in [0.717, 1.165) is 16.8 Å². The molecular weight excluding hydrogens is 272 g/mol. The fraction of sp³-hybridized carbons (Fsp3) is 0.500. The van der Waals surface area contributed by atoms with E-state index in [-0.39, 0.29) is 0 Å². The molecule has 0 spiro atoms. The minimum Gasteiger partial charge on any atom is -0.491 e. The van der Waals surface area contributed by atoms with Crippen LogP contribution in [0.3, 0.4) is 0 Å². The summed E-state index contributed by atoms with van der Waals surface area (Å²) in [5, 5.41) is 0. The Balaban J connectivity index is 2.01. The van der Waals surface area contributed by atoms with Gasteiger partial charge in [0.1, 0.15) is 12.4 Å². The summed E-state index contributed by atoms with van der Waals surface area (Å²) in [6, 6.07) is 7.74. The maximum atomic E-state index is 5.48. The Kier molecular flexibility index (Phi) is 7.21. The maximum Gasteiger partial charge on any atom is 0.119 e. The summed E-state index contributed by atoms with van der Waals surface area (Å²) in [5.74, 6) is 0.858. The largest absolute Gasteiger partial charge is 0.491 e. The van der Waals surface area contributed by atoms with Crippen LogP contribution in [0.4, 0.5) is 0 Å². The highest BCUT2D eigenvalue weighted by Gasteiger charge is 1.93. The van der Waals surface area contributed by atoms with Gasteiger partial charge in [0, 0.05) is 11.1 Å². The van der Waals surface area contributed by atoms with E-state index < -0.39 is 0 Å². The van der Waals surface area contributed by atoms with Crippen molar-refractivity contribution in [3.8, 4) is 5.75 Å². The van der Waals surface area contributed by atoms with Gasteiger partial charge in [0.05, 0.1) is 19.8 Å². The molecule has 0 N–H and O–H groups in total. The van der Waals surface area contributed by atoms with E-state index in [2.05, 4.69) is 15.9 Å². The minimum absolute atomic E-state index is 0.563. The predicted molar refractivity (Wildman–Crippen MR) is 66.9 cm³/mol. The van der Waals surface area contributed by atoms with Gasteiger partial charge in [-0.15, -0.1) is 0 Å². The van der Waals surface area contributed by atoms with Gasteiger partial charge in [-0.05, 0) is 31.2 Å². The van der Waals surface area contributed by atoms with Gasteiger partial charge in [0.15, 0.2) is 0 Å². The molecule has 0 saturated heterocycles. The van der Waals surface area contributed by atoms with Crippen molar-refractivity contribution in [3.05, 3.63) is 28.7 Å². The van der Waals surface area contributed by atoms with E-state index in [1.807, 2.05) is 31.2 Å². The van der Waals surface area contributed by atoms with E-state index in [0.29, 0.717) is 26.4 Å². The third-order valence-corrected chi connectivity index (χ3v) is 2.41. The van der Waals surface area contributed by atoms with Gasteiger partial charge in [-0.3, -0.25) is 0 Å². The molecule has 1 aromatic carbocycles. The van der Waals surface area contributed by atoms with Gasteiger partial charge in [0.2, 0.25) is 0 Å². The normalized spacial score (nSPS) is 10.4. The van der Waals surface area contributed by atoms with Gasteiger partial charge < -0.3 is 14.2 Å². The Bertz CT molecular complexity index is 274. The topological polar surface area (TPSA) is 27.7 Å². The molecule has 0 amide bonds. The highest BCUT2D eigenvalue weighted by atomic mass is 79.9. The first-order valence-electron chi connectivity index (χ1n) is 5.36. The molecule has 4 heteroatoms. The standard InChI is InChI=1S/C12H17BrO3/c1-2-14-7-8-15-9-10-16-12-5-3-11(13)4-6-12/h3-6H,2,7-10H2,1H3. The SMILES string of the molecule is CCOCCOCCOc1ccc(Br)cc1. The van der Waals surface area contributed by atoms with Crippen molar-refractivity contribution in [1.29, 1.82) is 0 Å². The third-order valence-electron chi connectivity index (χ3n) is 1.89. The third kappa shape index (κ3) is 6.10. The second kappa shape index (κ2) is 8.56. The second-order valence-electron chi connectivity index (χ2n) is 3.11. The minimum atomic E-state index is 0.563. The van der Waals surface area contributed by atoms with Crippen molar-refractivity contribution in [2.75, 3.05) is 33.0 Å². The number of halogens is 1. The lowest BCUT2D eigenvalue weighted by Gasteiger charge is -2.07. The summed E-state index contributed by atoms with van der Waals surface area (Å²) in [4.78, 5) is 0. The molecule has 1 rings (SSSR count). The van der Waals surface area contributed by atoms with Crippen molar-refractivity contribution in [3.63, 3.8) is 0 Å². The number of hydrogen-bond acceptors (Lipinski definition) is 3. The molecule has 0 fully saturated rings. The van der Waals surface area contributed by atoms with Crippen LogP contribution in [-0.4, -0.2) is 33.0 Å². The van der Waals surface area contributed by atoms with Crippen LogP contribution in [0, 0.1) is 0 Å². The second-order valence-corrected chi connectivity index (χ2v) is 4.03. The van der Waals surface area contributed by atoms with Crippen molar-refractivity contribution < 1.29 is 14.2 Å². The fourth-order valence-electron chi connectivity index (χ4n) is 1.11. The Morgan fingerprint density at radius 2 is 1.56 bits per heavy atom. The van der Waals surface area contributed by atoms with Crippen molar-refractivity contribution in [1.82, 2.24) is 0 Å². The molecule has 0 bridgehead atoms. The molecule has 0 saturated carbocycles. The molecule has 1 aromatic rings. The quantitative estimate of drug-likeness (QED) is 0.689. The molecule has 3 nitrogen and oxygen atoms in total. The highest BCUT2D eigenvalue weighted by molar-refractivity contribution is 9.10. The zero-order chi connectivity index (χ0) is 11.6. The van der Waals surface area contributed by atoms with Gasteiger partial charge >= 0.3 is 0 Å². The Labute approximate surface area is 105 Å². The van der Waals surface area contributed by atoms with Gasteiger partial charge in [-0.1, -0.05) is 15.9 Å². The van der Waals surface area contributed by atoms with Crippen molar-refractivity contribution >= 4 is 15.9 Å². The molecular formula is C12H17BrO3. The number of rotatable bonds is 8. The average Bonchev–Trinajstić information content (AvgIpc) is 2.30. The van der Waals surface area contributed by atoms with Crippen LogP contribution < -0.4 is 4.74 Å². The first-order chi connectivity index (χ1) is 7.83. The van der Waals surface area contributed by atoms with Crippen LogP contribution in [-0.2, 0) is 9.47 Å². The van der Waals surface area contributed by atoms with E-state index in [4.69, 9.17) is 14.2 Å². The first kappa shape index (κ1) is 13.5. The molecule has 0 radical (unpaired) electrons. The van der Waals surface area contributed by atoms with Crippen LogP contribution in [0.15, 0.2) is 28.7 Å². The number of ether oxygens (including phenoxy) is 3. The van der Waals surface area contributed by atoms with E-state index >= 15 is 0 Å². The van der Waals surface area contributed by atoms with E-state index in [9.17, 15) is 0 Å². The summed E-state index contributed by atoms with van der Waals surface area (Å²) in [5.41, 5.74) is 0. The molecule has 0 aromatic heterocycles. The number of benzene rings is 1. The van der Waals surface area contributed by atoms with Crippen molar-refractivity contribution in [2.45, 2.75) is 6.92 Å². The predicted octanol–water partition coefficient (Wildman–Crippen LogP) is 2.88. The molecule has 0 heterocycles. The van der Waals surface area contributed by atoms with E-state index in [1.54, 1.807) is 0 Å². The zero-order valence-corrected chi connectivity index (χ0v) is 11.0. The molecule has 0 atom stereocenters. The lowest BCUT2D eigenvalue weighted by molar-refractivity contribution is 0.0405. The summed E-state index contributed by atoms with van der Waals surface area (Å²) in [6.07, 6.45) is 0. The maximum absolute atomic E-state index is 5.48. The Hall–Kier alpha value is -0.580. The van der Waals surface area contributed by atoms with E-state index in [1.165, 1.54) is 0 Å². The lowest BCUT2D eigenvalue weighted by atomic mass is 10.3. The lowest BCUT2D eigenvalue weighted by Crippen LogP contribution is -2.10. The van der Waals surface area contributed by atoms with Gasteiger partial charge in [0.25, 0.3) is 0 Å². The highest BCUT2D eigenvalue weighted by Crippen LogP contribution is 2.15. The summed E-state index contributed by atoms with van der Waals surface area (Å²) in [7, 11) is 0. The Morgan fingerprint density at radius 3 is 2.25 bits per heavy atom. The number of hydrogen-bond donors (Lipinski definition) is 0. The first-order valence-corrected chi connectivity index (χ1v) is 6.16.